The molecule has 5 nitrogen and oxygen atoms in total. The third-order valence-corrected chi connectivity index (χ3v) is 2.90. The molecule has 0 unspecified atom stereocenters. The normalized spacial score (nSPS) is 16.9. The highest BCUT2D eigenvalue weighted by atomic mass is 16.5. The Bertz CT molecular complexity index is 367. The largest absolute Gasteiger partial charge is 0.464 e. The molecule has 1 aliphatic rings. The standard InChI is InChI=1S/C10H14N2O3/c1-14-10(13)8-7(9(11)15-12-8)6-4-2-3-5-6/h6H,2-5,11H2,1H3. The number of methoxy groups -OCH3 is 1. The van der Waals surface area contributed by atoms with E-state index in [0.29, 0.717) is 5.92 Å². The predicted molar refractivity (Wildman–Crippen MR) is 53.5 cm³/mol. The molecule has 0 radical (unpaired) electrons. The van der Waals surface area contributed by atoms with Gasteiger partial charge in [-0.15, -0.1) is 0 Å². The first kappa shape index (κ1) is 10.0. The fourth-order valence-electron chi connectivity index (χ4n) is 2.16. The van der Waals surface area contributed by atoms with Crippen molar-refractivity contribution >= 4 is 11.9 Å². The minimum absolute atomic E-state index is 0.238. The topological polar surface area (TPSA) is 78.3 Å². The first-order valence-corrected chi connectivity index (χ1v) is 5.07. The van der Waals surface area contributed by atoms with E-state index in [0.717, 1.165) is 31.2 Å². The summed E-state index contributed by atoms with van der Waals surface area (Å²) in [5.74, 6) is 0.0741. The number of nitrogen functional groups attached to an aromatic ring is 1. The van der Waals surface area contributed by atoms with Gasteiger partial charge in [0.15, 0.2) is 5.69 Å². The van der Waals surface area contributed by atoms with Gasteiger partial charge in [-0.3, -0.25) is 0 Å². The molecule has 0 amide bonds. The maximum Gasteiger partial charge on any atom is 0.360 e. The number of hydrogen-bond acceptors (Lipinski definition) is 5. The van der Waals surface area contributed by atoms with E-state index in [2.05, 4.69) is 9.89 Å². The summed E-state index contributed by atoms with van der Waals surface area (Å²) in [4.78, 5) is 11.4. The fourth-order valence-corrected chi connectivity index (χ4v) is 2.16. The predicted octanol–water partition coefficient (Wildman–Crippen LogP) is 1.70. The molecule has 2 rings (SSSR count). The van der Waals surface area contributed by atoms with E-state index in [1.807, 2.05) is 0 Å². The highest BCUT2D eigenvalue weighted by Crippen LogP contribution is 2.38. The zero-order valence-electron chi connectivity index (χ0n) is 8.66. The Hall–Kier alpha value is -1.52. The molecular weight excluding hydrogens is 196 g/mol. The van der Waals surface area contributed by atoms with Crippen molar-refractivity contribution in [2.45, 2.75) is 31.6 Å². The number of nitrogens with two attached hydrogens (primary N) is 1. The Labute approximate surface area is 87.6 Å². The molecule has 1 saturated carbocycles. The van der Waals surface area contributed by atoms with E-state index in [4.69, 9.17) is 10.3 Å². The molecule has 1 aromatic rings. The molecule has 0 aliphatic heterocycles. The highest BCUT2D eigenvalue weighted by Gasteiger charge is 2.29. The number of ether oxygens (including phenoxy) is 1. The fraction of sp³-hybridized carbons (Fsp3) is 0.600. The first-order valence-electron chi connectivity index (χ1n) is 5.07. The molecule has 5 heteroatoms. The summed E-state index contributed by atoms with van der Waals surface area (Å²) in [6.45, 7) is 0. The number of anilines is 1. The third-order valence-electron chi connectivity index (χ3n) is 2.90. The van der Waals surface area contributed by atoms with Crippen molar-refractivity contribution < 1.29 is 14.1 Å². The van der Waals surface area contributed by atoms with Gasteiger partial charge in [0.25, 0.3) is 0 Å². The van der Waals surface area contributed by atoms with Gasteiger partial charge in [0.2, 0.25) is 5.88 Å². The van der Waals surface area contributed by atoms with E-state index in [-0.39, 0.29) is 11.6 Å². The average Bonchev–Trinajstić information content (AvgIpc) is 2.85. The van der Waals surface area contributed by atoms with Crippen LogP contribution in [0.4, 0.5) is 5.88 Å². The van der Waals surface area contributed by atoms with E-state index in [1.165, 1.54) is 7.11 Å². The second-order valence-corrected chi connectivity index (χ2v) is 3.78. The Kier molecular flexibility index (Phi) is 2.62. The minimum Gasteiger partial charge on any atom is -0.464 e. The maximum absolute atomic E-state index is 11.4. The zero-order chi connectivity index (χ0) is 10.8. The van der Waals surface area contributed by atoms with Crippen LogP contribution in [0.25, 0.3) is 0 Å². The molecule has 1 aliphatic carbocycles. The van der Waals surface area contributed by atoms with Crippen LogP contribution in [0.2, 0.25) is 0 Å². The Morgan fingerprint density at radius 3 is 2.80 bits per heavy atom. The first-order chi connectivity index (χ1) is 7.24. The molecule has 2 N–H and O–H groups in total. The monoisotopic (exact) mass is 210 g/mol. The van der Waals surface area contributed by atoms with Gasteiger partial charge in [-0.25, -0.2) is 4.79 Å². The lowest BCUT2D eigenvalue weighted by Gasteiger charge is -2.07. The van der Waals surface area contributed by atoms with Crippen LogP contribution in [0.5, 0.6) is 0 Å². The molecular formula is C10H14N2O3. The lowest BCUT2D eigenvalue weighted by molar-refractivity contribution is 0.0587. The van der Waals surface area contributed by atoms with Crippen LogP contribution in [-0.4, -0.2) is 18.2 Å². The molecule has 1 heterocycles. The Morgan fingerprint density at radius 2 is 2.20 bits per heavy atom. The van der Waals surface area contributed by atoms with Gasteiger partial charge in [-0.1, -0.05) is 18.0 Å². The van der Waals surface area contributed by atoms with E-state index < -0.39 is 5.97 Å². The summed E-state index contributed by atoms with van der Waals surface area (Å²) >= 11 is 0. The van der Waals surface area contributed by atoms with E-state index in [9.17, 15) is 4.79 Å². The van der Waals surface area contributed by atoms with E-state index >= 15 is 0 Å². The summed E-state index contributed by atoms with van der Waals surface area (Å²) in [6.07, 6.45) is 4.40. The van der Waals surface area contributed by atoms with Gasteiger partial charge in [0, 0.05) is 0 Å². The molecule has 1 aromatic heterocycles. The highest BCUT2D eigenvalue weighted by molar-refractivity contribution is 5.90. The van der Waals surface area contributed by atoms with Crippen molar-refractivity contribution in [3.63, 3.8) is 0 Å². The average molecular weight is 210 g/mol. The van der Waals surface area contributed by atoms with Gasteiger partial charge in [0.05, 0.1) is 12.7 Å². The number of hydrogen-bond donors (Lipinski definition) is 1. The Balaban J connectivity index is 2.35. The molecule has 0 saturated heterocycles. The van der Waals surface area contributed by atoms with Gasteiger partial charge < -0.3 is 15.0 Å². The SMILES string of the molecule is COC(=O)c1noc(N)c1C1CCCC1. The van der Waals surface area contributed by atoms with Crippen molar-refractivity contribution in [3.8, 4) is 0 Å². The zero-order valence-corrected chi connectivity index (χ0v) is 8.66. The molecule has 0 aromatic carbocycles. The quantitative estimate of drug-likeness (QED) is 0.751. The van der Waals surface area contributed by atoms with Crippen molar-refractivity contribution in [2.24, 2.45) is 0 Å². The van der Waals surface area contributed by atoms with Crippen LogP contribution in [-0.2, 0) is 4.74 Å². The lowest BCUT2D eigenvalue weighted by atomic mass is 9.97. The maximum atomic E-state index is 11.4. The second kappa shape index (κ2) is 3.92. The van der Waals surface area contributed by atoms with Gasteiger partial charge in [-0.2, -0.15) is 0 Å². The molecule has 15 heavy (non-hydrogen) atoms. The number of rotatable bonds is 2. The lowest BCUT2D eigenvalue weighted by Crippen LogP contribution is -2.08. The third kappa shape index (κ3) is 1.69. The summed E-state index contributed by atoms with van der Waals surface area (Å²) in [5, 5.41) is 3.66. The molecule has 0 bridgehead atoms. The van der Waals surface area contributed by atoms with Crippen LogP contribution in [0.3, 0.4) is 0 Å². The van der Waals surface area contributed by atoms with E-state index in [1.54, 1.807) is 0 Å². The van der Waals surface area contributed by atoms with Crippen LogP contribution >= 0.6 is 0 Å². The summed E-state index contributed by atoms with van der Waals surface area (Å²) in [7, 11) is 1.33. The number of esters is 1. The van der Waals surface area contributed by atoms with Crippen molar-refractivity contribution in [3.05, 3.63) is 11.3 Å². The summed E-state index contributed by atoms with van der Waals surface area (Å²) < 4.78 is 9.49. The van der Waals surface area contributed by atoms with Gasteiger partial charge in [0.1, 0.15) is 0 Å². The second-order valence-electron chi connectivity index (χ2n) is 3.78. The summed E-state index contributed by atoms with van der Waals surface area (Å²) in [5.41, 5.74) is 6.65. The number of carbonyl (C=O) groups is 1. The van der Waals surface area contributed by atoms with Crippen LogP contribution in [0.1, 0.15) is 47.7 Å². The molecule has 82 valence electrons. The molecule has 0 atom stereocenters. The summed E-state index contributed by atoms with van der Waals surface area (Å²) in [6, 6.07) is 0. The number of aromatic nitrogens is 1. The number of carbonyl (C=O) groups excluding carboxylic acids is 1. The van der Waals surface area contributed by atoms with Crippen molar-refractivity contribution in [2.75, 3.05) is 12.8 Å². The smallest absolute Gasteiger partial charge is 0.360 e. The minimum atomic E-state index is -0.475. The molecule has 1 fully saturated rings. The van der Waals surface area contributed by atoms with Gasteiger partial charge in [-0.05, 0) is 18.8 Å². The Morgan fingerprint density at radius 1 is 1.53 bits per heavy atom. The van der Waals surface area contributed by atoms with Crippen molar-refractivity contribution in [1.82, 2.24) is 5.16 Å². The van der Waals surface area contributed by atoms with Crippen LogP contribution < -0.4 is 5.73 Å². The van der Waals surface area contributed by atoms with Gasteiger partial charge >= 0.3 is 5.97 Å². The number of nitrogens with zero attached hydrogens (tertiary/aromatic N) is 1. The van der Waals surface area contributed by atoms with Crippen molar-refractivity contribution in [1.29, 1.82) is 0 Å². The molecule has 0 spiro atoms. The van der Waals surface area contributed by atoms with Crippen LogP contribution in [0, 0.1) is 0 Å². The van der Waals surface area contributed by atoms with Crippen LogP contribution in [0.15, 0.2) is 4.52 Å².